The second-order valence-electron chi connectivity index (χ2n) is 11.6. The number of rotatable bonds is 10. The van der Waals surface area contributed by atoms with Crippen LogP contribution in [-0.2, 0) is 22.1 Å². The van der Waals surface area contributed by atoms with Crippen molar-refractivity contribution in [3.63, 3.8) is 0 Å². The summed E-state index contributed by atoms with van der Waals surface area (Å²) in [6.45, 7) is 16.1. The van der Waals surface area contributed by atoms with Gasteiger partial charge in [0.25, 0.3) is 0 Å². The lowest BCUT2D eigenvalue weighted by atomic mass is 9.80. The Morgan fingerprint density at radius 1 is 0.879 bits per heavy atom. The van der Waals surface area contributed by atoms with Gasteiger partial charge in [-0.25, -0.2) is 0 Å². The smallest absolute Gasteiger partial charge is 0.126 e. The maximum Gasteiger partial charge on any atom is 0.126 e. The van der Waals surface area contributed by atoms with Gasteiger partial charge in [-0.15, -0.1) is 0 Å². The highest BCUT2D eigenvalue weighted by Gasteiger charge is 2.23. The average Bonchev–Trinajstić information content (AvgIpc) is 2.66. The van der Waals surface area contributed by atoms with E-state index in [1.165, 1.54) is 16.7 Å². The summed E-state index contributed by atoms with van der Waals surface area (Å²) in [7, 11) is 4.27. The Kier molecular flexibility index (Phi) is 10.9. The molecule has 0 saturated carbocycles. The van der Waals surface area contributed by atoms with Crippen LogP contribution in [0.25, 0.3) is 0 Å². The summed E-state index contributed by atoms with van der Waals surface area (Å²) >= 11 is 0. The monoisotopic (exact) mass is 477 g/mol. The van der Waals surface area contributed by atoms with E-state index in [4.69, 9.17) is 9.47 Å². The summed E-state index contributed by atoms with van der Waals surface area (Å²) in [5.74, 6) is 0.912. The fraction of sp³-hybridized carbons (Fsp3) is 0.571. The van der Waals surface area contributed by atoms with Gasteiger partial charge in [-0.05, 0) is 28.0 Å². The maximum atomic E-state index is 10.5. The number of hydrogen-bond acceptors (Lipinski definition) is 3. The molecule has 0 aliphatic heterocycles. The van der Waals surface area contributed by atoms with Crippen LogP contribution in [0.4, 0.5) is 0 Å². The highest BCUT2D eigenvalue weighted by Crippen LogP contribution is 2.35. The van der Waals surface area contributed by atoms with Gasteiger partial charge in [0.2, 0.25) is 0 Å². The standard InChI is InChI=1S/C28H44NO3.ClH/c1-27(2,3)23-14-15-26(25(18-23)28(4,5)6)32-17-16-31-21-24(30)20-29(7,8)19-22-12-10-9-11-13-22;/h9-15,18,24,30H,16-17,19-21H2,1-8H3;1H/q+1;/p-1. The fourth-order valence-electron chi connectivity index (χ4n) is 3.90. The molecule has 0 spiro atoms. The van der Waals surface area contributed by atoms with Crippen LogP contribution >= 0.6 is 0 Å². The van der Waals surface area contributed by atoms with Gasteiger partial charge in [-0.1, -0.05) is 84.0 Å². The number of benzene rings is 2. The topological polar surface area (TPSA) is 38.7 Å². The van der Waals surface area contributed by atoms with Crippen LogP contribution in [0.2, 0.25) is 0 Å². The molecule has 186 valence electrons. The predicted molar refractivity (Wildman–Crippen MR) is 133 cm³/mol. The minimum atomic E-state index is -0.509. The summed E-state index contributed by atoms with van der Waals surface area (Å²) in [6.07, 6.45) is -0.509. The van der Waals surface area contributed by atoms with Crippen molar-refractivity contribution in [1.82, 2.24) is 0 Å². The van der Waals surface area contributed by atoms with E-state index in [2.05, 4.69) is 98.1 Å². The zero-order valence-electron chi connectivity index (χ0n) is 21.8. The van der Waals surface area contributed by atoms with E-state index in [1.807, 2.05) is 6.07 Å². The summed E-state index contributed by atoms with van der Waals surface area (Å²) in [5.41, 5.74) is 3.89. The predicted octanol–water partition coefficient (Wildman–Crippen LogP) is 2.32. The first kappa shape index (κ1) is 29.4. The lowest BCUT2D eigenvalue weighted by Gasteiger charge is -2.32. The van der Waals surface area contributed by atoms with Crippen molar-refractivity contribution in [2.24, 2.45) is 0 Å². The highest BCUT2D eigenvalue weighted by molar-refractivity contribution is 5.43. The number of halogens is 1. The van der Waals surface area contributed by atoms with E-state index in [0.717, 1.165) is 12.3 Å². The van der Waals surface area contributed by atoms with Gasteiger partial charge in [-0.3, -0.25) is 0 Å². The van der Waals surface area contributed by atoms with Crippen LogP contribution in [0.3, 0.4) is 0 Å². The van der Waals surface area contributed by atoms with Crippen molar-refractivity contribution in [3.8, 4) is 5.75 Å². The van der Waals surface area contributed by atoms with Crippen LogP contribution in [0.5, 0.6) is 5.75 Å². The second-order valence-corrected chi connectivity index (χ2v) is 11.6. The third kappa shape index (κ3) is 10.1. The Bertz CT molecular complexity index is 838. The average molecular weight is 478 g/mol. The third-order valence-corrected chi connectivity index (χ3v) is 5.61. The Hall–Kier alpha value is -1.59. The van der Waals surface area contributed by atoms with Crippen molar-refractivity contribution in [2.45, 2.75) is 65.0 Å². The molecule has 1 N–H and O–H groups in total. The Morgan fingerprint density at radius 3 is 2.09 bits per heavy atom. The van der Waals surface area contributed by atoms with Gasteiger partial charge < -0.3 is 31.5 Å². The van der Waals surface area contributed by atoms with Crippen LogP contribution in [-0.4, -0.2) is 56.2 Å². The van der Waals surface area contributed by atoms with Crippen molar-refractivity contribution in [1.29, 1.82) is 0 Å². The lowest BCUT2D eigenvalue weighted by Crippen LogP contribution is -3.00. The molecule has 0 heterocycles. The van der Waals surface area contributed by atoms with Gasteiger partial charge in [0.15, 0.2) is 0 Å². The van der Waals surface area contributed by atoms with Crippen molar-refractivity contribution in [3.05, 3.63) is 65.2 Å². The fourth-order valence-corrected chi connectivity index (χ4v) is 3.90. The summed E-state index contributed by atoms with van der Waals surface area (Å²) < 4.78 is 12.5. The molecule has 0 radical (unpaired) electrons. The Labute approximate surface area is 207 Å². The number of nitrogens with zero attached hydrogens (tertiary/aromatic N) is 1. The zero-order chi connectivity index (χ0) is 24.0. The van der Waals surface area contributed by atoms with Crippen molar-refractivity contribution in [2.75, 3.05) is 40.5 Å². The van der Waals surface area contributed by atoms with Gasteiger partial charge in [0.1, 0.15) is 31.5 Å². The van der Waals surface area contributed by atoms with E-state index in [9.17, 15) is 5.11 Å². The van der Waals surface area contributed by atoms with E-state index >= 15 is 0 Å². The molecule has 0 aliphatic rings. The summed E-state index contributed by atoms with van der Waals surface area (Å²) in [4.78, 5) is 0. The molecule has 0 amide bonds. The molecule has 2 rings (SSSR count). The molecule has 0 aromatic heterocycles. The van der Waals surface area contributed by atoms with Crippen LogP contribution < -0.4 is 17.1 Å². The largest absolute Gasteiger partial charge is 1.00 e. The van der Waals surface area contributed by atoms with Crippen LogP contribution in [0.1, 0.15) is 58.2 Å². The SMILES string of the molecule is CC(C)(C)c1ccc(OCCOCC(O)C[N+](C)(C)Cc2ccccc2)c(C(C)(C)C)c1.[Cl-]. The first-order valence-electron chi connectivity index (χ1n) is 11.7. The quantitative estimate of drug-likeness (QED) is 0.421. The third-order valence-electron chi connectivity index (χ3n) is 5.61. The second kappa shape index (κ2) is 12.2. The van der Waals surface area contributed by atoms with E-state index < -0.39 is 6.10 Å². The number of hydrogen-bond donors (Lipinski definition) is 1. The Balaban J connectivity index is 0.00000544. The molecule has 2 aromatic rings. The molecule has 33 heavy (non-hydrogen) atoms. The number of aliphatic hydroxyl groups is 1. The normalized spacial score (nSPS) is 13.4. The summed E-state index contributed by atoms with van der Waals surface area (Å²) in [5, 5.41) is 10.5. The number of aliphatic hydroxyl groups excluding tert-OH is 1. The van der Waals surface area contributed by atoms with E-state index in [-0.39, 0.29) is 23.2 Å². The molecule has 0 fully saturated rings. The zero-order valence-corrected chi connectivity index (χ0v) is 22.6. The molecule has 0 bridgehead atoms. The minimum absolute atomic E-state index is 0. The lowest BCUT2D eigenvalue weighted by molar-refractivity contribution is -0.906. The Morgan fingerprint density at radius 2 is 1.52 bits per heavy atom. The number of ether oxygens (including phenoxy) is 2. The minimum Gasteiger partial charge on any atom is -1.00 e. The van der Waals surface area contributed by atoms with E-state index in [1.54, 1.807) is 0 Å². The molecule has 2 aromatic carbocycles. The maximum absolute atomic E-state index is 10.5. The molecule has 5 heteroatoms. The van der Waals surface area contributed by atoms with Gasteiger partial charge >= 0.3 is 0 Å². The first-order valence-corrected chi connectivity index (χ1v) is 11.7. The van der Waals surface area contributed by atoms with E-state index in [0.29, 0.717) is 30.8 Å². The van der Waals surface area contributed by atoms with Crippen LogP contribution in [0, 0.1) is 0 Å². The highest BCUT2D eigenvalue weighted by atomic mass is 35.5. The van der Waals surface area contributed by atoms with Crippen molar-refractivity contribution >= 4 is 0 Å². The van der Waals surface area contributed by atoms with Gasteiger partial charge in [-0.2, -0.15) is 0 Å². The van der Waals surface area contributed by atoms with Crippen LogP contribution in [0.15, 0.2) is 48.5 Å². The molecular formula is C28H44ClNO3. The summed E-state index contributed by atoms with van der Waals surface area (Å²) in [6, 6.07) is 16.9. The molecule has 1 unspecified atom stereocenters. The number of quaternary nitrogens is 1. The first-order chi connectivity index (χ1) is 14.8. The molecule has 0 saturated heterocycles. The molecule has 4 nitrogen and oxygen atoms in total. The molecule has 1 atom stereocenters. The number of likely N-dealkylation sites (N-methyl/N-ethyl adjacent to an activating group) is 1. The molecule has 0 aliphatic carbocycles. The van der Waals surface area contributed by atoms with Gasteiger partial charge in [0, 0.05) is 5.56 Å². The van der Waals surface area contributed by atoms with Gasteiger partial charge in [0.05, 0.1) is 27.3 Å². The molecular weight excluding hydrogens is 434 g/mol. The van der Waals surface area contributed by atoms with Crippen molar-refractivity contribution < 1.29 is 31.5 Å².